The molecule has 152 valence electrons. The van der Waals surface area contributed by atoms with E-state index in [0.29, 0.717) is 5.56 Å². The predicted octanol–water partition coefficient (Wildman–Crippen LogP) is 1.30. The normalized spacial score (nSPS) is 16.4. The van der Waals surface area contributed by atoms with Gasteiger partial charge < -0.3 is 14.5 Å². The fourth-order valence-corrected chi connectivity index (χ4v) is 5.03. The van der Waals surface area contributed by atoms with E-state index in [4.69, 9.17) is 4.74 Å². The highest BCUT2D eigenvalue weighted by atomic mass is 32.1. The van der Waals surface area contributed by atoms with Gasteiger partial charge in [0, 0.05) is 16.0 Å². The molecule has 0 spiro atoms. The summed E-state index contributed by atoms with van der Waals surface area (Å²) in [5, 5.41) is 1.13. The van der Waals surface area contributed by atoms with Crippen molar-refractivity contribution in [3.63, 3.8) is 0 Å². The van der Waals surface area contributed by atoms with Gasteiger partial charge in [0.25, 0.3) is 5.91 Å². The minimum absolute atomic E-state index is 0.0811. The molecule has 0 aliphatic carbocycles. The number of methoxy groups -OCH3 is 1. The van der Waals surface area contributed by atoms with Gasteiger partial charge in [0.1, 0.15) is 30.4 Å². The summed E-state index contributed by atoms with van der Waals surface area (Å²) in [6, 6.07) is 7.44. The van der Waals surface area contributed by atoms with Gasteiger partial charge in [-0.2, -0.15) is 0 Å². The first-order chi connectivity index (χ1) is 13.5. The molecule has 5 nitrogen and oxygen atoms in total. The highest BCUT2D eigenvalue weighted by Crippen LogP contribution is 2.36. The molecule has 1 aliphatic rings. The van der Waals surface area contributed by atoms with Crippen LogP contribution in [0.5, 0.6) is 5.75 Å². The number of carbonyl (C=O) groups excluding carboxylic acids is 1. The molecule has 1 aliphatic heterocycles. The van der Waals surface area contributed by atoms with E-state index in [-0.39, 0.29) is 5.91 Å². The second kappa shape index (κ2) is 9.07. The van der Waals surface area contributed by atoms with Crippen molar-refractivity contribution in [3.8, 4) is 5.75 Å². The van der Waals surface area contributed by atoms with Crippen LogP contribution in [0.2, 0.25) is 0 Å². The Morgan fingerprint density at radius 1 is 1.21 bits per heavy atom. The zero-order chi connectivity index (χ0) is 20.3. The second-order valence-electron chi connectivity index (χ2n) is 7.57. The van der Waals surface area contributed by atoms with E-state index in [1.54, 1.807) is 23.3 Å². The summed E-state index contributed by atoms with van der Waals surface area (Å²) in [6.45, 7) is 15.1. The minimum Gasteiger partial charge on any atom is -0.497 e. The van der Waals surface area contributed by atoms with Gasteiger partial charge in [-0.3, -0.25) is 9.69 Å². The molecule has 1 aromatic heterocycles. The molecule has 6 heteroatoms. The van der Waals surface area contributed by atoms with Gasteiger partial charge >= 0.3 is 0 Å². The standard InChI is InChI=1S/C22H31N3O2S/c1-6-23(7-2)12-13-24-14-20-16(3)17(4)28-22(20)25(15-24)21(26)18-8-10-19(27-5)11-9-18/h8-11H,6-7,12-15H2,1-5H3/p+2. The number of quaternary nitrogens is 2. The maximum atomic E-state index is 13.4. The van der Waals surface area contributed by atoms with Crippen molar-refractivity contribution in [1.82, 2.24) is 0 Å². The van der Waals surface area contributed by atoms with Crippen LogP contribution in [0.1, 0.15) is 40.2 Å². The smallest absolute Gasteiger partial charge is 0.263 e. The number of amides is 1. The van der Waals surface area contributed by atoms with E-state index < -0.39 is 0 Å². The molecule has 28 heavy (non-hydrogen) atoms. The van der Waals surface area contributed by atoms with Gasteiger partial charge in [-0.1, -0.05) is 0 Å². The van der Waals surface area contributed by atoms with Crippen LogP contribution < -0.4 is 19.4 Å². The predicted molar refractivity (Wildman–Crippen MR) is 115 cm³/mol. The van der Waals surface area contributed by atoms with Crippen molar-refractivity contribution in [1.29, 1.82) is 0 Å². The van der Waals surface area contributed by atoms with Crippen LogP contribution in [-0.2, 0) is 6.54 Å². The van der Waals surface area contributed by atoms with Crippen molar-refractivity contribution in [2.24, 2.45) is 0 Å². The number of fused-ring (bicyclic) bond motifs is 1. The lowest BCUT2D eigenvalue weighted by atomic mass is 10.1. The van der Waals surface area contributed by atoms with Crippen molar-refractivity contribution in [3.05, 3.63) is 45.8 Å². The van der Waals surface area contributed by atoms with Crippen LogP contribution in [0.15, 0.2) is 24.3 Å². The largest absolute Gasteiger partial charge is 0.497 e. The SMILES string of the molecule is CC[NH+](CC)CC[NH+]1Cc2c(sc(C)c2C)N(C(=O)c2ccc(OC)cc2)C1. The Hall–Kier alpha value is -1.89. The number of thiophene rings is 1. The summed E-state index contributed by atoms with van der Waals surface area (Å²) in [5.41, 5.74) is 3.41. The summed E-state index contributed by atoms with van der Waals surface area (Å²) in [5.74, 6) is 0.852. The van der Waals surface area contributed by atoms with Gasteiger partial charge in [0.2, 0.25) is 0 Å². The fraction of sp³-hybridized carbons (Fsp3) is 0.500. The lowest BCUT2D eigenvalue weighted by Crippen LogP contribution is -3.20. The third kappa shape index (κ3) is 4.24. The van der Waals surface area contributed by atoms with Crippen molar-refractivity contribution in [2.75, 3.05) is 44.9 Å². The maximum Gasteiger partial charge on any atom is 0.263 e. The first-order valence-electron chi connectivity index (χ1n) is 10.2. The van der Waals surface area contributed by atoms with E-state index in [2.05, 4.69) is 27.7 Å². The second-order valence-corrected chi connectivity index (χ2v) is 8.77. The number of nitrogens with zero attached hydrogens (tertiary/aromatic N) is 1. The molecule has 0 saturated heterocycles. The lowest BCUT2D eigenvalue weighted by molar-refractivity contribution is -0.963. The highest BCUT2D eigenvalue weighted by molar-refractivity contribution is 7.16. The number of ether oxygens (including phenoxy) is 1. The summed E-state index contributed by atoms with van der Waals surface area (Å²) in [6.07, 6.45) is 0. The van der Waals surface area contributed by atoms with Crippen LogP contribution in [0, 0.1) is 13.8 Å². The molecular weight excluding hydrogens is 370 g/mol. The van der Waals surface area contributed by atoms with Crippen molar-refractivity contribution in [2.45, 2.75) is 34.2 Å². The van der Waals surface area contributed by atoms with Crippen LogP contribution in [-0.4, -0.2) is 45.9 Å². The molecule has 0 fully saturated rings. The Balaban J connectivity index is 1.85. The van der Waals surface area contributed by atoms with E-state index >= 15 is 0 Å². The Labute approximate surface area is 172 Å². The molecule has 0 radical (unpaired) electrons. The molecule has 0 bridgehead atoms. The summed E-state index contributed by atoms with van der Waals surface area (Å²) in [4.78, 5) is 19.7. The quantitative estimate of drug-likeness (QED) is 0.732. The zero-order valence-corrected chi connectivity index (χ0v) is 18.5. The summed E-state index contributed by atoms with van der Waals surface area (Å²) >= 11 is 1.75. The van der Waals surface area contributed by atoms with Gasteiger partial charge in [-0.15, -0.1) is 11.3 Å². The van der Waals surface area contributed by atoms with Crippen LogP contribution >= 0.6 is 11.3 Å². The Morgan fingerprint density at radius 2 is 1.89 bits per heavy atom. The lowest BCUT2D eigenvalue weighted by Gasteiger charge is -2.33. The first kappa shape index (κ1) is 20.8. The number of nitrogens with one attached hydrogen (secondary N) is 2. The maximum absolute atomic E-state index is 13.4. The number of carbonyl (C=O) groups is 1. The number of benzene rings is 1. The zero-order valence-electron chi connectivity index (χ0n) is 17.7. The van der Waals surface area contributed by atoms with Crippen molar-refractivity contribution >= 4 is 22.2 Å². The van der Waals surface area contributed by atoms with Crippen LogP contribution in [0.3, 0.4) is 0 Å². The molecule has 3 rings (SSSR count). The van der Waals surface area contributed by atoms with Gasteiger partial charge in [0.15, 0.2) is 6.67 Å². The first-order valence-corrected chi connectivity index (χ1v) is 11.0. The molecule has 2 aromatic rings. The molecule has 1 atom stereocenters. The highest BCUT2D eigenvalue weighted by Gasteiger charge is 2.34. The molecule has 1 aromatic carbocycles. The monoisotopic (exact) mass is 403 g/mol. The Morgan fingerprint density at radius 3 is 2.50 bits per heavy atom. The Bertz CT molecular complexity index is 812. The van der Waals surface area contributed by atoms with Crippen LogP contribution in [0.4, 0.5) is 5.00 Å². The van der Waals surface area contributed by atoms with Crippen molar-refractivity contribution < 1.29 is 19.3 Å². The van der Waals surface area contributed by atoms with Gasteiger partial charge in [-0.05, 0) is 57.5 Å². The van der Waals surface area contributed by atoms with E-state index in [9.17, 15) is 4.79 Å². The van der Waals surface area contributed by atoms with E-state index in [0.717, 1.165) is 50.1 Å². The molecule has 1 unspecified atom stereocenters. The Kier molecular flexibility index (Phi) is 6.75. The van der Waals surface area contributed by atoms with Crippen LogP contribution in [0.25, 0.3) is 0 Å². The number of likely N-dealkylation sites (N-methyl/N-ethyl adjacent to an activating group) is 1. The van der Waals surface area contributed by atoms with Gasteiger partial charge in [-0.25, -0.2) is 0 Å². The number of rotatable bonds is 7. The topological polar surface area (TPSA) is 38.4 Å². The number of aryl methyl sites for hydroxylation is 1. The molecule has 1 amide bonds. The molecular formula is C22H33N3O2S+2. The average Bonchev–Trinajstić information content (AvgIpc) is 3.02. The number of hydrogen-bond acceptors (Lipinski definition) is 3. The molecule has 0 saturated carbocycles. The number of hydrogen-bond donors (Lipinski definition) is 2. The molecule has 2 N–H and O–H groups in total. The summed E-state index contributed by atoms with van der Waals surface area (Å²) < 4.78 is 5.23. The summed E-state index contributed by atoms with van der Waals surface area (Å²) in [7, 11) is 1.64. The minimum atomic E-state index is 0.0811. The third-order valence-corrected chi connectivity index (χ3v) is 7.23. The van der Waals surface area contributed by atoms with E-state index in [1.165, 1.54) is 20.9 Å². The number of anilines is 1. The average molecular weight is 404 g/mol. The third-order valence-electron chi connectivity index (χ3n) is 5.96. The molecule has 2 heterocycles. The van der Waals surface area contributed by atoms with Gasteiger partial charge in [0.05, 0.1) is 20.2 Å². The fourth-order valence-electron chi connectivity index (χ4n) is 3.86. The van der Waals surface area contributed by atoms with E-state index in [1.807, 2.05) is 29.2 Å².